The number of nitrogens with zero attached hydrogens (tertiary/aromatic N) is 2. The molecule has 100 valence electrons. The maximum atomic E-state index is 10.9. The monoisotopic (exact) mass is 268 g/mol. The Labute approximate surface area is 112 Å². The SMILES string of the molecule is CC(C)(C)N1CCCC(c2nc(C(=O)O)cs2)C1. The molecule has 0 bridgehead atoms. The molecule has 0 saturated carbocycles. The highest BCUT2D eigenvalue weighted by molar-refractivity contribution is 7.09. The third-order valence-corrected chi connectivity index (χ3v) is 4.47. The van der Waals surface area contributed by atoms with E-state index in [-0.39, 0.29) is 11.2 Å². The van der Waals surface area contributed by atoms with Gasteiger partial charge in [-0.05, 0) is 40.2 Å². The van der Waals surface area contributed by atoms with Crippen LogP contribution in [0, 0.1) is 0 Å². The van der Waals surface area contributed by atoms with Gasteiger partial charge in [-0.2, -0.15) is 0 Å². The summed E-state index contributed by atoms with van der Waals surface area (Å²) >= 11 is 1.48. The molecule has 1 atom stereocenters. The summed E-state index contributed by atoms with van der Waals surface area (Å²) in [4.78, 5) is 17.6. The van der Waals surface area contributed by atoms with Crippen molar-refractivity contribution in [2.24, 2.45) is 0 Å². The van der Waals surface area contributed by atoms with Gasteiger partial charge in [0.25, 0.3) is 0 Å². The largest absolute Gasteiger partial charge is 0.476 e. The third kappa shape index (κ3) is 2.90. The van der Waals surface area contributed by atoms with Crippen molar-refractivity contribution in [1.82, 2.24) is 9.88 Å². The van der Waals surface area contributed by atoms with E-state index in [1.807, 2.05) is 0 Å². The van der Waals surface area contributed by atoms with Crippen molar-refractivity contribution in [2.45, 2.75) is 45.1 Å². The number of thiazole rings is 1. The van der Waals surface area contributed by atoms with Crippen LogP contribution in [0.5, 0.6) is 0 Å². The van der Waals surface area contributed by atoms with E-state index in [2.05, 4.69) is 30.7 Å². The molecule has 0 spiro atoms. The summed E-state index contributed by atoms with van der Waals surface area (Å²) in [5.74, 6) is -0.544. The van der Waals surface area contributed by atoms with Crippen LogP contribution in [0.15, 0.2) is 5.38 Å². The lowest BCUT2D eigenvalue weighted by molar-refractivity contribution is 0.0690. The number of rotatable bonds is 2. The van der Waals surface area contributed by atoms with Crippen LogP contribution in [-0.4, -0.2) is 39.6 Å². The number of carboxylic acid groups (broad SMARTS) is 1. The Morgan fingerprint density at radius 2 is 2.28 bits per heavy atom. The van der Waals surface area contributed by atoms with Crippen LogP contribution in [0.2, 0.25) is 0 Å². The Kier molecular flexibility index (Phi) is 3.73. The lowest BCUT2D eigenvalue weighted by Gasteiger charge is -2.41. The molecular formula is C13H20N2O2S. The normalized spacial score (nSPS) is 22.1. The topological polar surface area (TPSA) is 53.4 Å². The molecule has 5 heteroatoms. The average Bonchev–Trinajstić information content (AvgIpc) is 2.77. The highest BCUT2D eigenvalue weighted by atomic mass is 32.1. The Bertz CT molecular complexity index is 436. The maximum Gasteiger partial charge on any atom is 0.355 e. The second-order valence-electron chi connectivity index (χ2n) is 5.83. The number of aromatic nitrogens is 1. The van der Waals surface area contributed by atoms with Gasteiger partial charge in [-0.3, -0.25) is 4.90 Å². The molecule has 1 N–H and O–H groups in total. The first-order valence-corrected chi connectivity index (χ1v) is 7.19. The summed E-state index contributed by atoms with van der Waals surface area (Å²) in [5, 5.41) is 11.5. The van der Waals surface area contributed by atoms with Gasteiger partial charge < -0.3 is 5.11 Å². The van der Waals surface area contributed by atoms with E-state index in [9.17, 15) is 4.79 Å². The highest BCUT2D eigenvalue weighted by Crippen LogP contribution is 2.32. The first kappa shape index (κ1) is 13.5. The first-order valence-electron chi connectivity index (χ1n) is 6.31. The lowest BCUT2D eigenvalue weighted by atomic mass is 9.94. The summed E-state index contributed by atoms with van der Waals surface area (Å²) in [6.07, 6.45) is 2.27. The second kappa shape index (κ2) is 4.97. The molecule has 1 aromatic rings. The third-order valence-electron chi connectivity index (χ3n) is 3.46. The van der Waals surface area contributed by atoms with Crippen LogP contribution in [0.3, 0.4) is 0 Å². The van der Waals surface area contributed by atoms with Crippen LogP contribution in [-0.2, 0) is 0 Å². The fourth-order valence-electron chi connectivity index (χ4n) is 2.36. The van der Waals surface area contributed by atoms with E-state index < -0.39 is 5.97 Å². The molecule has 1 aliphatic heterocycles. The predicted molar refractivity (Wildman–Crippen MR) is 72.4 cm³/mol. The van der Waals surface area contributed by atoms with Gasteiger partial charge >= 0.3 is 5.97 Å². The highest BCUT2D eigenvalue weighted by Gasteiger charge is 2.30. The van der Waals surface area contributed by atoms with E-state index in [1.54, 1.807) is 5.38 Å². The Morgan fingerprint density at radius 1 is 1.56 bits per heavy atom. The van der Waals surface area contributed by atoms with Crippen LogP contribution in [0.4, 0.5) is 0 Å². The van der Waals surface area contributed by atoms with Gasteiger partial charge in [0.05, 0.1) is 5.01 Å². The van der Waals surface area contributed by atoms with Crippen molar-refractivity contribution in [3.8, 4) is 0 Å². The Morgan fingerprint density at radius 3 is 2.83 bits per heavy atom. The van der Waals surface area contributed by atoms with Gasteiger partial charge in [0.1, 0.15) is 0 Å². The molecule has 1 aromatic heterocycles. The molecule has 1 fully saturated rings. The minimum Gasteiger partial charge on any atom is -0.476 e. The van der Waals surface area contributed by atoms with E-state index in [0.717, 1.165) is 30.9 Å². The fourth-order valence-corrected chi connectivity index (χ4v) is 3.28. The zero-order valence-corrected chi connectivity index (χ0v) is 12.0. The average molecular weight is 268 g/mol. The maximum absolute atomic E-state index is 10.9. The van der Waals surface area contributed by atoms with E-state index in [0.29, 0.717) is 5.92 Å². The van der Waals surface area contributed by atoms with Crippen LogP contribution in [0.25, 0.3) is 0 Å². The van der Waals surface area contributed by atoms with Crippen molar-refractivity contribution in [3.63, 3.8) is 0 Å². The summed E-state index contributed by atoms with van der Waals surface area (Å²) in [5.41, 5.74) is 0.355. The van der Waals surface area contributed by atoms with Gasteiger partial charge in [-0.15, -0.1) is 11.3 Å². The van der Waals surface area contributed by atoms with Crippen molar-refractivity contribution in [3.05, 3.63) is 16.1 Å². The van der Waals surface area contributed by atoms with E-state index in [1.165, 1.54) is 11.3 Å². The van der Waals surface area contributed by atoms with E-state index >= 15 is 0 Å². The van der Waals surface area contributed by atoms with Gasteiger partial charge in [0.15, 0.2) is 5.69 Å². The molecule has 4 nitrogen and oxygen atoms in total. The van der Waals surface area contributed by atoms with Crippen molar-refractivity contribution >= 4 is 17.3 Å². The molecule has 0 amide bonds. The van der Waals surface area contributed by atoms with E-state index in [4.69, 9.17) is 5.11 Å². The predicted octanol–water partition coefficient (Wildman–Crippen LogP) is 2.82. The van der Waals surface area contributed by atoms with Crippen LogP contribution >= 0.6 is 11.3 Å². The Hall–Kier alpha value is -0.940. The molecule has 0 aromatic carbocycles. The molecule has 1 aliphatic rings. The summed E-state index contributed by atoms with van der Waals surface area (Å²) in [7, 11) is 0. The molecule has 1 saturated heterocycles. The first-order chi connectivity index (χ1) is 8.38. The summed E-state index contributed by atoms with van der Waals surface area (Å²) in [6, 6.07) is 0. The van der Waals surface area contributed by atoms with Gasteiger partial charge in [-0.1, -0.05) is 0 Å². The van der Waals surface area contributed by atoms with Crippen molar-refractivity contribution < 1.29 is 9.90 Å². The van der Waals surface area contributed by atoms with Crippen molar-refractivity contribution in [2.75, 3.05) is 13.1 Å². The fraction of sp³-hybridized carbons (Fsp3) is 0.692. The number of piperidine rings is 1. The molecule has 0 radical (unpaired) electrons. The number of carboxylic acids is 1. The molecule has 2 rings (SSSR count). The number of carbonyl (C=O) groups is 1. The Balaban J connectivity index is 2.10. The number of likely N-dealkylation sites (tertiary alicyclic amines) is 1. The zero-order chi connectivity index (χ0) is 13.3. The number of hydrogen-bond donors (Lipinski definition) is 1. The van der Waals surface area contributed by atoms with Crippen molar-refractivity contribution in [1.29, 1.82) is 0 Å². The molecular weight excluding hydrogens is 248 g/mol. The summed E-state index contributed by atoms with van der Waals surface area (Å²) in [6.45, 7) is 8.77. The quantitative estimate of drug-likeness (QED) is 0.896. The minimum atomic E-state index is -0.930. The molecule has 1 unspecified atom stereocenters. The molecule has 0 aliphatic carbocycles. The molecule has 2 heterocycles. The number of hydrogen-bond acceptors (Lipinski definition) is 4. The van der Waals surface area contributed by atoms with Gasteiger partial charge in [0, 0.05) is 23.4 Å². The smallest absolute Gasteiger partial charge is 0.355 e. The number of aromatic carboxylic acids is 1. The lowest BCUT2D eigenvalue weighted by Crippen LogP contribution is -2.46. The summed E-state index contributed by atoms with van der Waals surface area (Å²) < 4.78 is 0. The zero-order valence-electron chi connectivity index (χ0n) is 11.1. The minimum absolute atomic E-state index is 0.172. The van der Waals surface area contributed by atoms with Crippen LogP contribution in [0.1, 0.15) is 55.0 Å². The second-order valence-corrected chi connectivity index (χ2v) is 6.72. The standard InChI is InChI=1S/C13H20N2O2S/c1-13(2,3)15-6-4-5-9(7-15)11-14-10(8-18-11)12(16)17/h8-9H,4-7H2,1-3H3,(H,16,17). The van der Waals surface area contributed by atoms with Gasteiger partial charge in [0.2, 0.25) is 0 Å². The van der Waals surface area contributed by atoms with Gasteiger partial charge in [-0.25, -0.2) is 9.78 Å². The van der Waals surface area contributed by atoms with Crippen LogP contribution < -0.4 is 0 Å². The molecule has 18 heavy (non-hydrogen) atoms.